The lowest BCUT2D eigenvalue weighted by molar-refractivity contribution is 0.0984. The molecule has 0 fully saturated rings. The highest BCUT2D eigenvalue weighted by Gasteiger charge is 2.17. The molecule has 0 saturated carbocycles. The summed E-state index contributed by atoms with van der Waals surface area (Å²) in [6.07, 6.45) is 0. The van der Waals surface area contributed by atoms with Crippen molar-refractivity contribution in [2.75, 3.05) is 0 Å². The molecule has 1 amide bonds. The number of rotatable bonds is 2. The van der Waals surface area contributed by atoms with Gasteiger partial charge in [0.1, 0.15) is 0 Å². The summed E-state index contributed by atoms with van der Waals surface area (Å²) in [4.78, 5) is 11.7. The number of hydrogen-bond donors (Lipinski definition) is 3. The van der Waals surface area contributed by atoms with Crippen molar-refractivity contribution in [1.29, 1.82) is 0 Å². The van der Waals surface area contributed by atoms with Crippen molar-refractivity contribution in [3.63, 3.8) is 0 Å². The van der Waals surface area contributed by atoms with Crippen LogP contribution in [0.25, 0.3) is 0 Å². The molecule has 0 bridgehead atoms. The van der Waals surface area contributed by atoms with E-state index in [-0.39, 0.29) is 0 Å². The van der Waals surface area contributed by atoms with Crippen LogP contribution >= 0.6 is 30.5 Å². The van der Waals surface area contributed by atoms with Crippen LogP contribution in [0.4, 0.5) is 0 Å². The van der Waals surface area contributed by atoms with E-state index < -0.39 is 13.5 Å². The summed E-state index contributed by atoms with van der Waals surface area (Å²) in [6.45, 7) is 1.76. The maximum Gasteiger partial charge on any atom is 0.300 e. The summed E-state index contributed by atoms with van der Waals surface area (Å²) in [5, 5.41) is 2.00. The van der Waals surface area contributed by atoms with E-state index in [0.717, 1.165) is 16.9 Å². The Hall–Kier alpha value is -0.390. The first-order valence-electron chi connectivity index (χ1n) is 3.55. The first-order chi connectivity index (χ1) is 6.29. The Kier molecular flexibility index (Phi) is 3.34. The number of hydrogen-bond acceptors (Lipinski definition) is 3. The molecule has 0 aromatic carbocycles. The molecule has 5 nitrogen and oxygen atoms in total. The molecule has 0 atom stereocenters. The number of amides is 1. The molecule has 78 valence electrons. The fraction of sp³-hybridized carbons (Fsp3) is 0.167. The topological polar surface area (TPSA) is 98.2 Å². The number of carbonyl (C=O) groups excluding carboxylic acids is 1. The zero-order chi connectivity index (χ0) is 10.9. The van der Waals surface area contributed by atoms with Gasteiger partial charge in [0.25, 0.3) is 5.91 Å². The van der Waals surface area contributed by atoms with E-state index in [0.29, 0.717) is 9.21 Å². The summed E-state index contributed by atoms with van der Waals surface area (Å²) in [7, 11) is -3.53. The van der Waals surface area contributed by atoms with Gasteiger partial charge in [-0.05, 0) is 18.6 Å². The van der Waals surface area contributed by atoms with E-state index in [4.69, 9.17) is 22.6 Å². The monoisotopic (exact) mass is 253 g/mol. The Morgan fingerprint density at radius 1 is 1.64 bits per heavy atom. The van der Waals surface area contributed by atoms with Gasteiger partial charge in [0.2, 0.25) is 0 Å². The second kappa shape index (κ2) is 4.00. The lowest BCUT2D eigenvalue weighted by Crippen LogP contribution is -2.27. The van der Waals surface area contributed by atoms with Gasteiger partial charge in [-0.15, -0.1) is 11.3 Å². The average Bonchev–Trinajstić information content (AvgIpc) is 2.28. The summed E-state index contributed by atoms with van der Waals surface area (Å²) in [5.41, 5.74) is 10.8. The van der Waals surface area contributed by atoms with Gasteiger partial charge < -0.3 is 0 Å². The van der Waals surface area contributed by atoms with Crippen molar-refractivity contribution in [1.82, 2.24) is 5.09 Å². The van der Waals surface area contributed by atoms with E-state index in [9.17, 15) is 9.36 Å². The third kappa shape index (κ3) is 3.08. The standard InChI is InChI=1S/C6H9ClN3O2PS/c1-3-2-4(14-5(3)7)6(11)10-13(8,9)12/h2H,1H3,(H5,8,9,10,11,12). The van der Waals surface area contributed by atoms with Crippen LogP contribution in [-0.2, 0) is 4.57 Å². The zero-order valence-electron chi connectivity index (χ0n) is 7.28. The normalized spacial score (nSPS) is 11.4. The van der Waals surface area contributed by atoms with Crippen LogP contribution in [-0.4, -0.2) is 5.91 Å². The maximum absolute atomic E-state index is 11.3. The second-order valence-corrected chi connectivity index (χ2v) is 6.01. The molecule has 14 heavy (non-hydrogen) atoms. The third-order valence-electron chi connectivity index (χ3n) is 1.36. The summed E-state index contributed by atoms with van der Waals surface area (Å²) in [5.74, 6) is -0.571. The molecule has 1 heterocycles. The van der Waals surface area contributed by atoms with Gasteiger partial charge in [-0.2, -0.15) is 0 Å². The van der Waals surface area contributed by atoms with Crippen LogP contribution in [0.5, 0.6) is 0 Å². The van der Waals surface area contributed by atoms with Crippen LogP contribution in [0.15, 0.2) is 6.07 Å². The number of aryl methyl sites for hydroxylation is 1. The summed E-state index contributed by atoms with van der Waals surface area (Å²) < 4.78 is 11.4. The summed E-state index contributed by atoms with van der Waals surface area (Å²) >= 11 is 6.84. The van der Waals surface area contributed by atoms with E-state index in [2.05, 4.69) is 0 Å². The van der Waals surface area contributed by atoms with Gasteiger partial charge in [0.05, 0.1) is 9.21 Å². The Morgan fingerprint density at radius 2 is 2.21 bits per heavy atom. The minimum absolute atomic E-state index is 0.337. The molecule has 0 radical (unpaired) electrons. The SMILES string of the molecule is Cc1cc(C(=O)NP(N)(N)=O)sc1Cl. The molecule has 1 aromatic heterocycles. The first-order valence-corrected chi connectivity index (χ1v) is 6.59. The Morgan fingerprint density at radius 3 is 2.57 bits per heavy atom. The molecule has 1 aromatic rings. The Bertz CT molecular complexity index is 394. The largest absolute Gasteiger partial charge is 0.300 e. The van der Waals surface area contributed by atoms with Gasteiger partial charge >= 0.3 is 7.59 Å². The molecule has 0 aliphatic rings. The van der Waals surface area contributed by atoms with Crippen LogP contribution < -0.4 is 16.1 Å². The summed E-state index contributed by atoms with van der Waals surface area (Å²) in [6, 6.07) is 1.58. The maximum atomic E-state index is 11.3. The van der Waals surface area contributed by atoms with Crippen molar-refractivity contribution in [3.05, 3.63) is 20.8 Å². The number of carbonyl (C=O) groups is 1. The quantitative estimate of drug-likeness (QED) is 0.695. The minimum atomic E-state index is -3.53. The molecular weight excluding hydrogens is 245 g/mol. The van der Waals surface area contributed by atoms with Crippen LogP contribution in [0.1, 0.15) is 15.2 Å². The minimum Gasteiger partial charge on any atom is -0.279 e. The molecule has 0 aliphatic heterocycles. The van der Waals surface area contributed by atoms with Gasteiger partial charge in [-0.25, -0.2) is 0 Å². The molecular formula is C6H9ClN3O2PS. The lowest BCUT2D eigenvalue weighted by Gasteiger charge is -2.06. The highest BCUT2D eigenvalue weighted by Crippen LogP contribution is 2.28. The van der Waals surface area contributed by atoms with Gasteiger partial charge in [0.15, 0.2) is 0 Å². The van der Waals surface area contributed by atoms with Crippen LogP contribution in [0, 0.1) is 6.92 Å². The third-order valence-corrected chi connectivity index (χ3v) is 3.46. The Labute approximate surface area is 90.0 Å². The molecule has 0 saturated heterocycles. The van der Waals surface area contributed by atoms with E-state index >= 15 is 0 Å². The number of nitrogens with two attached hydrogens (primary N) is 2. The van der Waals surface area contributed by atoms with Gasteiger partial charge in [0, 0.05) is 0 Å². The first kappa shape index (κ1) is 11.7. The number of halogens is 1. The van der Waals surface area contributed by atoms with Crippen molar-refractivity contribution >= 4 is 36.4 Å². The van der Waals surface area contributed by atoms with E-state index in [1.54, 1.807) is 13.0 Å². The molecule has 1 rings (SSSR count). The molecule has 0 spiro atoms. The van der Waals surface area contributed by atoms with Gasteiger partial charge in [-0.1, -0.05) is 11.6 Å². The van der Waals surface area contributed by atoms with Gasteiger partial charge in [-0.3, -0.25) is 25.5 Å². The highest BCUT2D eigenvalue weighted by molar-refractivity contribution is 7.57. The van der Waals surface area contributed by atoms with E-state index in [1.165, 1.54) is 0 Å². The highest BCUT2D eigenvalue weighted by atomic mass is 35.5. The average molecular weight is 254 g/mol. The molecule has 8 heteroatoms. The smallest absolute Gasteiger partial charge is 0.279 e. The Balaban J connectivity index is 2.86. The van der Waals surface area contributed by atoms with Crippen molar-refractivity contribution in [2.24, 2.45) is 11.0 Å². The fourth-order valence-electron chi connectivity index (χ4n) is 0.786. The fourth-order valence-corrected chi connectivity index (χ4v) is 2.40. The van der Waals surface area contributed by atoms with Crippen LogP contribution in [0.2, 0.25) is 4.34 Å². The molecule has 0 unspecified atom stereocenters. The zero-order valence-corrected chi connectivity index (χ0v) is 9.75. The second-order valence-electron chi connectivity index (χ2n) is 2.72. The van der Waals surface area contributed by atoms with Crippen molar-refractivity contribution in [3.8, 4) is 0 Å². The van der Waals surface area contributed by atoms with Crippen LogP contribution in [0.3, 0.4) is 0 Å². The van der Waals surface area contributed by atoms with E-state index in [1.807, 2.05) is 5.09 Å². The molecule has 5 N–H and O–H groups in total. The predicted octanol–water partition coefficient (Wildman–Crippen LogP) is 1.47. The van der Waals surface area contributed by atoms with Crippen molar-refractivity contribution < 1.29 is 9.36 Å². The molecule has 0 aliphatic carbocycles. The van der Waals surface area contributed by atoms with Crippen molar-refractivity contribution in [2.45, 2.75) is 6.92 Å². The predicted molar refractivity (Wildman–Crippen MR) is 57.5 cm³/mol. The number of thiophene rings is 1. The lowest BCUT2D eigenvalue weighted by atomic mass is 10.3. The number of nitrogens with one attached hydrogen (secondary N) is 1.